The van der Waals surface area contributed by atoms with Crippen LogP contribution in [0.3, 0.4) is 0 Å². The van der Waals surface area contributed by atoms with Crippen LogP contribution in [0, 0.1) is 20.8 Å². The van der Waals surface area contributed by atoms with Crippen molar-refractivity contribution in [3.63, 3.8) is 0 Å². The van der Waals surface area contributed by atoms with Crippen LogP contribution in [0.25, 0.3) is 5.65 Å². The van der Waals surface area contributed by atoms with Crippen LogP contribution in [0.5, 0.6) is 0 Å². The summed E-state index contributed by atoms with van der Waals surface area (Å²) in [5, 5.41) is 0. The van der Waals surface area contributed by atoms with Crippen molar-refractivity contribution in [3.8, 4) is 0 Å². The number of carbonyl (C=O) groups excluding carboxylic acids is 1. The van der Waals surface area contributed by atoms with Gasteiger partial charge in [0.15, 0.2) is 0 Å². The molecule has 134 valence electrons. The smallest absolute Gasteiger partial charge is 0.274 e. The molecule has 0 unspecified atom stereocenters. The second-order valence-electron chi connectivity index (χ2n) is 6.61. The summed E-state index contributed by atoms with van der Waals surface area (Å²) < 4.78 is 7.79. The van der Waals surface area contributed by atoms with Crippen LogP contribution >= 0.6 is 0 Å². The maximum atomic E-state index is 13.0. The van der Waals surface area contributed by atoms with Gasteiger partial charge in [0.1, 0.15) is 23.3 Å². The number of nitrogens with zero attached hydrogens (tertiary/aromatic N) is 5. The van der Waals surface area contributed by atoms with Gasteiger partial charge in [-0.15, -0.1) is 0 Å². The highest BCUT2D eigenvalue weighted by molar-refractivity contribution is 5.93. The van der Waals surface area contributed by atoms with Crippen LogP contribution in [0.1, 0.15) is 39.5 Å². The molecule has 1 amide bonds. The monoisotopic (exact) mass is 351 g/mol. The van der Waals surface area contributed by atoms with Crippen molar-refractivity contribution in [1.29, 1.82) is 0 Å². The van der Waals surface area contributed by atoms with Gasteiger partial charge in [-0.05, 0) is 39.0 Å². The molecule has 3 aromatic rings. The lowest BCUT2D eigenvalue weighted by atomic mass is 10.1. The lowest BCUT2D eigenvalue weighted by Crippen LogP contribution is -2.42. The molecule has 26 heavy (non-hydrogen) atoms. The minimum Gasteiger partial charge on any atom is -0.368 e. The second-order valence-corrected chi connectivity index (χ2v) is 6.61. The molecule has 1 atom stereocenters. The zero-order chi connectivity index (χ0) is 18.3. The predicted molar refractivity (Wildman–Crippen MR) is 96.0 cm³/mol. The topological polar surface area (TPSA) is 72.6 Å². The molecule has 0 radical (unpaired) electrons. The number of hydrogen-bond acceptors (Lipinski definition) is 5. The van der Waals surface area contributed by atoms with Crippen molar-refractivity contribution in [2.45, 2.75) is 26.9 Å². The van der Waals surface area contributed by atoms with Gasteiger partial charge in [0, 0.05) is 24.1 Å². The van der Waals surface area contributed by atoms with Crippen LogP contribution in [0.15, 0.2) is 30.5 Å². The Hall–Kier alpha value is -2.80. The molecule has 1 fully saturated rings. The van der Waals surface area contributed by atoms with E-state index in [1.165, 1.54) is 0 Å². The third kappa shape index (κ3) is 3.06. The fourth-order valence-corrected chi connectivity index (χ4v) is 3.34. The molecule has 0 aromatic carbocycles. The van der Waals surface area contributed by atoms with Crippen molar-refractivity contribution in [2.75, 3.05) is 19.7 Å². The van der Waals surface area contributed by atoms with Gasteiger partial charge in [0.25, 0.3) is 5.91 Å². The van der Waals surface area contributed by atoms with E-state index in [1.807, 2.05) is 49.4 Å². The minimum absolute atomic E-state index is 0.0797. The lowest BCUT2D eigenvalue weighted by molar-refractivity contribution is -0.0250. The molecule has 1 saturated heterocycles. The molecule has 7 heteroatoms. The molecule has 1 aliphatic heterocycles. The Balaban J connectivity index is 1.58. The molecule has 0 saturated carbocycles. The SMILES string of the molecule is Cc1cc([C@@H]2CN(C(=O)c3cn4c(C)cccc4n3)CCO2)nc(C)n1. The second kappa shape index (κ2) is 6.49. The highest BCUT2D eigenvalue weighted by Gasteiger charge is 2.28. The number of amides is 1. The summed E-state index contributed by atoms with van der Waals surface area (Å²) in [6.07, 6.45) is 1.56. The molecule has 0 aliphatic carbocycles. The summed E-state index contributed by atoms with van der Waals surface area (Å²) in [5.41, 5.74) is 3.99. The van der Waals surface area contributed by atoms with Crippen LogP contribution < -0.4 is 0 Å². The lowest BCUT2D eigenvalue weighted by Gasteiger charge is -2.32. The quantitative estimate of drug-likeness (QED) is 0.708. The minimum atomic E-state index is -0.244. The number of fused-ring (bicyclic) bond motifs is 1. The molecule has 4 heterocycles. The van der Waals surface area contributed by atoms with E-state index >= 15 is 0 Å². The van der Waals surface area contributed by atoms with Gasteiger partial charge in [-0.25, -0.2) is 15.0 Å². The third-order valence-electron chi connectivity index (χ3n) is 4.58. The largest absolute Gasteiger partial charge is 0.368 e. The van der Waals surface area contributed by atoms with Gasteiger partial charge >= 0.3 is 0 Å². The summed E-state index contributed by atoms with van der Waals surface area (Å²) >= 11 is 0. The third-order valence-corrected chi connectivity index (χ3v) is 4.58. The maximum absolute atomic E-state index is 13.0. The summed E-state index contributed by atoms with van der Waals surface area (Å²) in [5.74, 6) is 0.631. The molecule has 0 bridgehead atoms. The number of aromatic nitrogens is 4. The first kappa shape index (κ1) is 16.7. The molecule has 1 aliphatic rings. The Bertz CT molecular complexity index is 961. The van der Waals surface area contributed by atoms with E-state index in [0.717, 1.165) is 22.7 Å². The average molecular weight is 351 g/mol. The first-order valence-electron chi connectivity index (χ1n) is 8.69. The van der Waals surface area contributed by atoms with Gasteiger partial charge < -0.3 is 14.0 Å². The molecule has 0 N–H and O–H groups in total. The highest BCUT2D eigenvalue weighted by atomic mass is 16.5. The molecule has 4 rings (SSSR count). The Morgan fingerprint density at radius 2 is 2.04 bits per heavy atom. The summed E-state index contributed by atoms with van der Waals surface area (Å²) in [7, 11) is 0. The van der Waals surface area contributed by atoms with Crippen LogP contribution in [-0.2, 0) is 4.74 Å². The molecular formula is C19H21N5O2. The Morgan fingerprint density at radius 3 is 2.81 bits per heavy atom. The number of ether oxygens (including phenoxy) is 1. The molecule has 0 spiro atoms. The van der Waals surface area contributed by atoms with E-state index in [4.69, 9.17) is 4.74 Å². The van der Waals surface area contributed by atoms with E-state index < -0.39 is 0 Å². The average Bonchev–Trinajstić information content (AvgIpc) is 3.06. The summed E-state index contributed by atoms with van der Waals surface area (Å²) in [6, 6.07) is 7.75. The van der Waals surface area contributed by atoms with Crippen molar-refractivity contribution in [2.24, 2.45) is 0 Å². The number of morpholine rings is 1. The number of aryl methyl sites for hydroxylation is 3. The summed E-state index contributed by atoms with van der Waals surface area (Å²) in [4.78, 5) is 28.0. The standard InChI is InChI=1S/C19H21N5O2/c1-12-9-15(21-14(3)20-12)17-11-23(7-8-26-17)19(25)16-10-24-13(2)5-4-6-18(24)22-16/h4-6,9-10,17H,7-8,11H2,1-3H3/t17-/m0/s1. The van der Waals surface area contributed by atoms with E-state index in [0.29, 0.717) is 31.2 Å². The first-order chi connectivity index (χ1) is 12.5. The van der Waals surface area contributed by atoms with Crippen molar-refractivity contribution in [3.05, 3.63) is 59.1 Å². The first-order valence-corrected chi connectivity index (χ1v) is 8.69. The Kier molecular flexibility index (Phi) is 4.16. The zero-order valence-corrected chi connectivity index (χ0v) is 15.1. The van der Waals surface area contributed by atoms with Gasteiger partial charge in [-0.3, -0.25) is 4.79 Å². The highest BCUT2D eigenvalue weighted by Crippen LogP contribution is 2.22. The fraction of sp³-hybridized carbons (Fsp3) is 0.368. The van der Waals surface area contributed by atoms with E-state index in [-0.39, 0.29) is 12.0 Å². The number of rotatable bonds is 2. The maximum Gasteiger partial charge on any atom is 0.274 e. The molecule has 7 nitrogen and oxygen atoms in total. The predicted octanol–water partition coefficient (Wildman–Crippen LogP) is 2.26. The number of pyridine rings is 1. The number of hydrogen-bond donors (Lipinski definition) is 0. The van der Waals surface area contributed by atoms with E-state index in [1.54, 1.807) is 11.1 Å². The Labute approximate surface area is 151 Å². The molecule has 3 aromatic heterocycles. The number of carbonyl (C=O) groups is 1. The van der Waals surface area contributed by atoms with E-state index in [2.05, 4.69) is 15.0 Å². The van der Waals surface area contributed by atoms with Crippen LogP contribution in [0.2, 0.25) is 0 Å². The van der Waals surface area contributed by atoms with Crippen molar-refractivity contribution < 1.29 is 9.53 Å². The van der Waals surface area contributed by atoms with Gasteiger partial charge in [0.05, 0.1) is 18.8 Å². The van der Waals surface area contributed by atoms with Crippen molar-refractivity contribution in [1.82, 2.24) is 24.3 Å². The molecular weight excluding hydrogens is 330 g/mol. The number of imidazole rings is 1. The van der Waals surface area contributed by atoms with Crippen molar-refractivity contribution >= 4 is 11.6 Å². The van der Waals surface area contributed by atoms with Crippen LogP contribution in [-0.4, -0.2) is 49.9 Å². The van der Waals surface area contributed by atoms with Gasteiger partial charge in [-0.1, -0.05) is 6.07 Å². The van der Waals surface area contributed by atoms with Gasteiger partial charge in [-0.2, -0.15) is 0 Å². The van der Waals surface area contributed by atoms with E-state index in [9.17, 15) is 4.79 Å². The Morgan fingerprint density at radius 1 is 1.19 bits per heavy atom. The van der Waals surface area contributed by atoms with Crippen LogP contribution in [0.4, 0.5) is 0 Å². The zero-order valence-electron chi connectivity index (χ0n) is 15.1. The summed E-state index contributed by atoms with van der Waals surface area (Å²) in [6.45, 7) is 7.27. The fourth-order valence-electron chi connectivity index (χ4n) is 3.34. The van der Waals surface area contributed by atoms with Gasteiger partial charge in [0.2, 0.25) is 0 Å². The normalized spacial score (nSPS) is 17.7.